The zero-order valence-electron chi connectivity index (χ0n) is 9.71. The predicted octanol–water partition coefficient (Wildman–Crippen LogP) is 2.76. The average molecular weight is 344 g/mol. The number of rotatable bonds is 4. The molecule has 0 aromatic heterocycles. The Morgan fingerprint density at radius 1 is 1.24 bits per heavy atom. The van der Waals surface area contributed by atoms with E-state index in [0.717, 1.165) is 5.69 Å². The first kappa shape index (κ1) is 12.8. The van der Waals surface area contributed by atoms with Crippen molar-refractivity contribution in [3.8, 4) is 0 Å². The number of hydrogen-bond donors (Lipinski definition) is 2. The Kier molecular flexibility index (Phi) is 4.79. The highest BCUT2D eigenvalue weighted by Crippen LogP contribution is 2.17. The fourth-order valence-electron chi connectivity index (χ4n) is 2.11. The van der Waals surface area contributed by atoms with Crippen molar-refractivity contribution in [3.63, 3.8) is 0 Å². The minimum Gasteiger partial charge on any atom is -0.325 e. The minimum atomic E-state index is 0.0399. The van der Waals surface area contributed by atoms with E-state index in [9.17, 15) is 4.79 Å². The molecule has 1 amide bonds. The van der Waals surface area contributed by atoms with Gasteiger partial charge in [0.1, 0.15) is 0 Å². The Morgan fingerprint density at radius 3 is 2.53 bits per heavy atom. The summed E-state index contributed by atoms with van der Waals surface area (Å²) in [6, 6.07) is 8.36. The van der Waals surface area contributed by atoms with E-state index in [2.05, 4.69) is 33.2 Å². The molecule has 0 unspecified atom stereocenters. The Balaban J connectivity index is 1.74. The molecule has 0 spiro atoms. The average Bonchev–Trinajstić information content (AvgIpc) is 2.83. The van der Waals surface area contributed by atoms with Gasteiger partial charge in [0, 0.05) is 15.3 Å². The maximum atomic E-state index is 11.7. The number of halogens is 1. The standard InChI is InChI=1S/C13H17IN2O/c14-10-5-7-12(8-6-10)16-13(17)9-15-11-3-1-2-4-11/h5-8,11,15H,1-4,9H2,(H,16,17). The lowest BCUT2D eigenvalue weighted by Gasteiger charge is -2.11. The molecule has 2 rings (SSSR count). The van der Waals surface area contributed by atoms with Crippen molar-refractivity contribution in [2.45, 2.75) is 31.7 Å². The van der Waals surface area contributed by atoms with Crippen molar-refractivity contribution >= 4 is 34.2 Å². The Bertz CT molecular complexity index is 372. The van der Waals surface area contributed by atoms with Crippen LogP contribution in [0.3, 0.4) is 0 Å². The molecule has 0 radical (unpaired) electrons. The van der Waals surface area contributed by atoms with E-state index < -0.39 is 0 Å². The molecular weight excluding hydrogens is 327 g/mol. The second-order valence-electron chi connectivity index (χ2n) is 4.42. The van der Waals surface area contributed by atoms with Crippen LogP contribution in [0.2, 0.25) is 0 Å². The zero-order valence-corrected chi connectivity index (χ0v) is 11.9. The van der Waals surface area contributed by atoms with Crippen LogP contribution in [0.15, 0.2) is 24.3 Å². The van der Waals surface area contributed by atoms with Crippen LogP contribution in [0.1, 0.15) is 25.7 Å². The van der Waals surface area contributed by atoms with Gasteiger partial charge in [-0.15, -0.1) is 0 Å². The van der Waals surface area contributed by atoms with E-state index in [1.807, 2.05) is 24.3 Å². The van der Waals surface area contributed by atoms with Gasteiger partial charge in [-0.2, -0.15) is 0 Å². The molecule has 92 valence electrons. The minimum absolute atomic E-state index is 0.0399. The van der Waals surface area contributed by atoms with Gasteiger partial charge in [-0.25, -0.2) is 0 Å². The highest BCUT2D eigenvalue weighted by Gasteiger charge is 2.15. The molecule has 0 heterocycles. The maximum Gasteiger partial charge on any atom is 0.238 e. The number of anilines is 1. The van der Waals surface area contributed by atoms with Crippen molar-refractivity contribution in [3.05, 3.63) is 27.8 Å². The summed E-state index contributed by atoms with van der Waals surface area (Å²) in [6.07, 6.45) is 4.99. The van der Waals surface area contributed by atoms with Crippen LogP contribution in [0.4, 0.5) is 5.69 Å². The van der Waals surface area contributed by atoms with Crippen molar-refractivity contribution in [1.82, 2.24) is 5.32 Å². The van der Waals surface area contributed by atoms with Gasteiger partial charge in [0.15, 0.2) is 0 Å². The van der Waals surface area contributed by atoms with Gasteiger partial charge >= 0.3 is 0 Å². The predicted molar refractivity (Wildman–Crippen MR) is 78.0 cm³/mol. The van der Waals surface area contributed by atoms with Crippen LogP contribution in [0, 0.1) is 3.57 Å². The molecule has 1 aromatic rings. The van der Waals surface area contributed by atoms with Gasteiger partial charge in [-0.1, -0.05) is 12.8 Å². The number of hydrogen-bond acceptors (Lipinski definition) is 2. The first-order valence-corrected chi connectivity index (χ1v) is 7.11. The molecule has 1 aromatic carbocycles. The molecule has 17 heavy (non-hydrogen) atoms. The summed E-state index contributed by atoms with van der Waals surface area (Å²) >= 11 is 2.25. The van der Waals surface area contributed by atoms with Crippen LogP contribution in [0.5, 0.6) is 0 Å². The number of carbonyl (C=O) groups excluding carboxylic acids is 1. The smallest absolute Gasteiger partial charge is 0.238 e. The van der Waals surface area contributed by atoms with Crippen LogP contribution in [0.25, 0.3) is 0 Å². The van der Waals surface area contributed by atoms with Gasteiger partial charge < -0.3 is 10.6 Å². The molecule has 1 fully saturated rings. The zero-order chi connectivity index (χ0) is 12.1. The van der Waals surface area contributed by atoms with Crippen molar-refractivity contribution < 1.29 is 4.79 Å². The first-order valence-electron chi connectivity index (χ1n) is 6.03. The number of nitrogens with one attached hydrogen (secondary N) is 2. The van der Waals surface area contributed by atoms with E-state index >= 15 is 0 Å². The van der Waals surface area contributed by atoms with E-state index in [1.54, 1.807) is 0 Å². The third-order valence-corrected chi connectivity index (χ3v) is 3.75. The summed E-state index contributed by atoms with van der Waals surface area (Å²) in [7, 11) is 0. The van der Waals surface area contributed by atoms with Gasteiger partial charge in [-0.3, -0.25) is 4.79 Å². The van der Waals surface area contributed by atoms with Gasteiger partial charge in [0.05, 0.1) is 6.54 Å². The summed E-state index contributed by atoms with van der Waals surface area (Å²) in [5, 5.41) is 6.19. The molecule has 1 aliphatic carbocycles. The van der Waals surface area contributed by atoms with Crippen LogP contribution < -0.4 is 10.6 Å². The number of amides is 1. The lowest BCUT2D eigenvalue weighted by atomic mass is 10.2. The highest BCUT2D eigenvalue weighted by atomic mass is 127. The fraction of sp³-hybridized carbons (Fsp3) is 0.462. The molecular formula is C13H17IN2O. The molecule has 3 nitrogen and oxygen atoms in total. The number of carbonyl (C=O) groups is 1. The molecule has 0 saturated heterocycles. The molecule has 1 aliphatic rings. The molecule has 0 atom stereocenters. The van der Waals surface area contributed by atoms with Crippen molar-refractivity contribution in [2.24, 2.45) is 0 Å². The van der Waals surface area contributed by atoms with Crippen LogP contribution in [-0.2, 0) is 4.79 Å². The Morgan fingerprint density at radius 2 is 1.88 bits per heavy atom. The van der Waals surface area contributed by atoms with Gasteiger partial charge in [-0.05, 0) is 59.7 Å². The second-order valence-corrected chi connectivity index (χ2v) is 5.66. The topological polar surface area (TPSA) is 41.1 Å². The third-order valence-electron chi connectivity index (χ3n) is 3.03. The summed E-state index contributed by atoms with van der Waals surface area (Å²) < 4.78 is 1.17. The van der Waals surface area contributed by atoms with Crippen molar-refractivity contribution in [1.29, 1.82) is 0 Å². The van der Waals surface area contributed by atoms with E-state index in [0.29, 0.717) is 12.6 Å². The third kappa shape index (κ3) is 4.27. The normalized spacial score (nSPS) is 16.1. The summed E-state index contributed by atoms with van der Waals surface area (Å²) in [4.78, 5) is 11.7. The highest BCUT2D eigenvalue weighted by molar-refractivity contribution is 14.1. The molecule has 0 bridgehead atoms. The van der Waals surface area contributed by atoms with Crippen LogP contribution in [-0.4, -0.2) is 18.5 Å². The molecule has 4 heteroatoms. The lowest BCUT2D eigenvalue weighted by molar-refractivity contribution is -0.115. The quantitative estimate of drug-likeness (QED) is 0.825. The van der Waals surface area contributed by atoms with E-state index in [1.165, 1.54) is 29.3 Å². The lowest BCUT2D eigenvalue weighted by Crippen LogP contribution is -2.34. The summed E-state index contributed by atoms with van der Waals surface area (Å²) in [5.74, 6) is 0.0399. The maximum absolute atomic E-state index is 11.7. The van der Waals surface area contributed by atoms with Gasteiger partial charge in [0.2, 0.25) is 5.91 Å². The first-order chi connectivity index (χ1) is 8.24. The Labute approximate surface area is 116 Å². The monoisotopic (exact) mass is 344 g/mol. The summed E-state index contributed by atoms with van der Waals surface area (Å²) in [5.41, 5.74) is 0.864. The Hall–Kier alpha value is -0.620. The second kappa shape index (κ2) is 6.35. The molecule has 2 N–H and O–H groups in total. The SMILES string of the molecule is O=C(CNC1CCCC1)Nc1ccc(I)cc1. The van der Waals surface area contributed by atoms with Crippen molar-refractivity contribution in [2.75, 3.05) is 11.9 Å². The summed E-state index contributed by atoms with van der Waals surface area (Å²) in [6.45, 7) is 0.413. The molecule has 0 aliphatic heterocycles. The van der Waals surface area contributed by atoms with E-state index in [-0.39, 0.29) is 5.91 Å². The number of benzene rings is 1. The van der Waals surface area contributed by atoms with Crippen LogP contribution >= 0.6 is 22.6 Å². The van der Waals surface area contributed by atoms with Gasteiger partial charge in [0.25, 0.3) is 0 Å². The molecule has 1 saturated carbocycles. The van der Waals surface area contributed by atoms with E-state index in [4.69, 9.17) is 0 Å². The fourth-order valence-corrected chi connectivity index (χ4v) is 2.46. The largest absolute Gasteiger partial charge is 0.325 e.